The molecule has 0 aliphatic rings. The first kappa shape index (κ1) is 73.4. The largest absolute Gasteiger partial charge is 0.462 e. The number of ether oxygens (including phenoxy) is 3. The van der Waals surface area contributed by atoms with Gasteiger partial charge in [0, 0.05) is 19.3 Å². The number of unbranched alkanes of at least 4 members (excludes halogenated alkanes) is 51. The molecule has 0 N–H and O–H groups in total. The van der Waals surface area contributed by atoms with Crippen molar-refractivity contribution in [1.29, 1.82) is 0 Å². The molecule has 0 saturated carbocycles. The van der Waals surface area contributed by atoms with Gasteiger partial charge in [0.2, 0.25) is 0 Å². The molecule has 0 heterocycles. The number of carbonyl (C=O) groups is 3. The highest BCUT2D eigenvalue weighted by atomic mass is 16.6. The first-order chi connectivity index (χ1) is 36.9. The zero-order chi connectivity index (χ0) is 54.4. The molecule has 0 fully saturated rings. The monoisotopic (exact) mass is 1060 g/mol. The average Bonchev–Trinajstić information content (AvgIpc) is 3.40. The van der Waals surface area contributed by atoms with E-state index in [1.807, 2.05) is 0 Å². The van der Waals surface area contributed by atoms with Gasteiger partial charge in [0.1, 0.15) is 13.2 Å². The van der Waals surface area contributed by atoms with Gasteiger partial charge in [0.15, 0.2) is 6.10 Å². The second-order valence-corrected chi connectivity index (χ2v) is 24.3. The molecule has 6 nitrogen and oxygen atoms in total. The number of rotatable bonds is 64. The Morgan fingerprint density at radius 1 is 0.253 bits per heavy atom. The van der Waals surface area contributed by atoms with E-state index in [0.29, 0.717) is 19.3 Å². The Balaban J connectivity index is 4.27. The Hall–Kier alpha value is -1.59. The van der Waals surface area contributed by atoms with Crippen molar-refractivity contribution in [3.8, 4) is 0 Å². The Morgan fingerprint density at radius 2 is 0.440 bits per heavy atom. The lowest BCUT2D eigenvalue weighted by atomic mass is 10.0. The van der Waals surface area contributed by atoms with Gasteiger partial charge in [-0.3, -0.25) is 14.4 Å². The third-order valence-electron chi connectivity index (χ3n) is 16.0. The molecule has 0 rings (SSSR count). The quantitative estimate of drug-likeness (QED) is 0.0343. The second kappa shape index (κ2) is 63.2. The van der Waals surface area contributed by atoms with E-state index in [9.17, 15) is 14.4 Å². The molecule has 0 spiro atoms. The van der Waals surface area contributed by atoms with Gasteiger partial charge in [-0.25, -0.2) is 0 Å². The van der Waals surface area contributed by atoms with E-state index >= 15 is 0 Å². The van der Waals surface area contributed by atoms with Crippen molar-refractivity contribution >= 4 is 17.9 Å². The summed E-state index contributed by atoms with van der Waals surface area (Å²) in [7, 11) is 0. The van der Waals surface area contributed by atoms with Gasteiger partial charge in [-0.15, -0.1) is 0 Å². The highest BCUT2D eigenvalue weighted by molar-refractivity contribution is 5.71. The SMILES string of the molecule is CCCCCCCCCCCCCCCCCCCCC(=O)OC[C@@H](COC(=O)CCCCCCCCCCCCCCCCCCCCC(C)C)OC(=O)CCCCCCCCCCCCCCCCCCCC. The molecule has 0 amide bonds. The van der Waals surface area contributed by atoms with Gasteiger partial charge >= 0.3 is 17.9 Å². The maximum Gasteiger partial charge on any atom is 0.306 e. The molecule has 0 unspecified atom stereocenters. The van der Waals surface area contributed by atoms with Crippen LogP contribution in [0.25, 0.3) is 0 Å². The van der Waals surface area contributed by atoms with Crippen molar-refractivity contribution in [2.75, 3.05) is 13.2 Å². The molecule has 0 radical (unpaired) electrons. The van der Waals surface area contributed by atoms with E-state index in [0.717, 1.165) is 63.7 Å². The van der Waals surface area contributed by atoms with Crippen molar-refractivity contribution in [2.24, 2.45) is 5.92 Å². The minimum Gasteiger partial charge on any atom is -0.462 e. The Labute approximate surface area is 469 Å². The lowest BCUT2D eigenvalue weighted by Crippen LogP contribution is -2.30. The summed E-state index contributed by atoms with van der Waals surface area (Å²) in [6, 6.07) is 0. The highest BCUT2D eigenvalue weighted by Gasteiger charge is 2.19. The summed E-state index contributed by atoms with van der Waals surface area (Å²) in [5, 5.41) is 0. The summed E-state index contributed by atoms with van der Waals surface area (Å²) >= 11 is 0. The lowest BCUT2D eigenvalue weighted by Gasteiger charge is -2.18. The van der Waals surface area contributed by atoms with Crippen molar-refractivity contribution in [2.45, 2.75) is 406 Å². The van der Waals surface area contributed by atoms with Gasteiger partial charge in [-0.05, 0) is 25.2 Å². The van der Waals surface area contributed by atoms with Crippen LogP contribution < -0.4 is 0 Å². The van der Waals surface area contributed by atoms with E-state index in [1.165, 1.54) is 295 Å². The van der Waals surface area contributed by atoms with E-state index in [4.69, 9.17) is 14.2 Å². The van der Waals surface area contributed by atoms with Crippen molar-refractivity contribution in [3.63, 3.8) is 0 Å². The topological polar surface area (TPSA) is 78.9 Å². The molecule has 446 valence electrons. The van der Waals surface area contributed by atoms with Crippen LogP contribution in [-0.2, 0) is 28.6 Å². The molecule has 0 aliphatic heterocycles. The van der Waals surface area contributed by atoms with Gasteiger partial charge in [0.25, 0.3) is 0 Å². The van der Waals surface area contributed by atoms with Crippen molar-refractivity contribution in [3.05, 3.63) is 0 Å². The fourth-order valence-corrected chi connectivity index (χ4v) is 10.9. The van der Waals surface area contributed by atoms with Crippen LogP contribution in [-0.4, -0.2) is 37.2 Å². The second-order valence-electron chi connectivity index (χ2n) is 24.3. The number of hydrogen-bond donors (Lipinski definition) is 0. The van der Waals surface area contributed by atoms with E-state index in [-0.39, 0.29) is 31.1 Å². The molecule has 0 aromatic rings. The van der Waals surface area contributed by atoms with Gasteiger partial charge in [-0.2, -0.15) is 0 Å². The average molecular weight is 1060 g/mol. The molecular formula is C69H134O6. The predicted molar refractivity (Wildman–Crippen MR) is 326 cm³/mol. The number of esters is 3. The fraction of sp³-hybridized carbons (Fsp3) is 0.957. The number of hydrogen-bond acceptors (Lipinski definition) is 6. The van der Waals surface area contributed by atoms with Crippen LogP contribution in [0, 0.1) is 5.92 Å². The minimum absolute atomic E-state index is 0.0606. The van der Waals surface area contributed by atoms with Crippen LogP contribution in [0.1, 0.15) is 400 Å². The van der Waals surface area contributed by atoms with E-state index in [1.54, 1.807) is 0 Å². The van der Waals surface area contributed by atoms with Crippen LogP contribution in [0.2, 0.25) is 0 Å². The highest BCUT2D eigenvalue weighted by Crippen LogP contribution is 2.19. The molecule has 0 aromatic heterocycles. The minimum atomic E-state index is -0.764. The van der Waals surface area contributed by atoms with Gasteiger partial charge in [0.05, 0.1) is 0 Å². The lowest BCUT2D eigenvalue weighted by molar-refractivity contribution is -0.167. The zero-order valence-electron chi connectivity index (χ0n) is 51.5. The van der Waals surface area contributed by atoms with E-state index < -0.39 is 6.10 Å². The number of carbonyl (C=O) groups excluding carboxylic acids is 3. The normalized spacial score (nSPS) is 12.0. The van der Waals surface area contributed by atoms with Crippen LogP contribution in [0.5, 0.6) is 0 Å². The molecule has 0 bridgehead atoms. The summed E-state index contributed by atoms with van der Waals surface area (Å²) < 4.78 is 17.0. The zero-order valence-corrected chi connectivity index (χ0v) is 51.5. The van der Waals surface area contributed by atoms with E-state index in [2.05, 4.69) is 27.7 Å². The molecule has 6 heteroatoms. The summed E-state index contributed by atoms with van der Waals surface area (Å²) in [6.07, 6.45) is 72.6. The Kier molecular flexibility index (Phi) is 61.9. The third kappa shape index (κ3) is 63.1. The van der Waals surface area contributed by atoms with Gasteiger partial charge < -0.3 is 14.2 Å². The molecule has 75 heavy (non-hydrogen) atoms. The standard InChI is InChI=1S/C69H134O6/c1-5-7-9-11-13-15-17-19-21-23-28-32-36-40-44-48-52-56-60-67(70)73-63-66(75-69(72)62-58-54-50-46-42-38-34-29-24-22-20-18-16-14-12-10-8-6-2)64-74-68(71)61-57-53-49-45-41-37-33-30-26-25-27-31-35-39-43-47-51-55-59-65(3)4/h65-66H,5-64H2,1-4H3/t66-/m0/s1. The molecule has 0 aromatic carbocycles. The van der Waals surface area contributed by atoms with Crippen LogP contribution in [0.3, 0.4) is 0 Å². The molecule has 1 atom stereocenters. The summed E-state index contributed by atoms with van der Waals surface area (Å²) in [6.45, 7) is 9.12. The third-order valence-corrected chi connectivity index (χ3v) is 16.0. The molecule has 0 saturated heterocycles. The molecule has 0 aliphatic carbocycles. The fourth-order valence-electron chi connectivity index (χ4n) is 10.9. The maximum atomic E-state index is 12.9. The first-order valence-electron chi connectivity index (χ1n) is 34.4. The summed E-state index contributed by atoms with van der Waals surface area (Å²) in [5.74, 6) is 0.0377. The van der Waals surface area contributed by atoms with Crippen molar-refractivity contribution in [1.82, 2.24) is 0 Å². The Morgan fingerprint density at radius 3 is 0.653 bits per heavy atom. The summed E-state index contributed by atoms with van der Waals surface area (Å²) in [5.41, 5.74) is 0. The molecular weight excluding hydrogens is 925 g/mol. The van der Waals surface area contributed by atoms with Crippen LogP contribution >= 0.6 is 0 Å². The predicted octanol–water partition coefficient (Wildman–Crippen LogP) is 23.3. The smallest absolute Gasteiger partial charge is 0.306 e. The maximum absolute atomic E-state index is 12.9. The van der Waals surface area contributed by atoms with Crippen LogP contribution in [0.15, 0.2) is 0 Å². The first-order valence-corrected chi connectivity index (χ1v) is 34.4. The Bertz CT molecular complexity index is 1140. The van der Waals surface area contributed by atoms with Crippen molar-refractivity contribution < 1.29 is 28.6 Å². The van der Waals surface area contributed by atoms with Crippen LogP contribution in [0.4, 0.5) is 0 Å². The van der Waals surface area contributed by atoms with Gasteiger partial charge in [-0.1, -0.05) is 362 Å². The summed E-state index contributed by atoms with van der Waals surface area (Å²) in [4.78, 5) is 38.4.